The van der Waals surface area contributed by atoms with E-state index in [9.17, 15) is 8.42 Å². The molecule has 0 spiro atoms. The maximum absolute atomic E-state index is 11.9. The van der Waals surface area contributed by atoms with Crippen LogP contribution < -0.4 is 10.6 Å². The summed E-state index contributed by atoms with van der Waals surface area (Å²) in [5.41, 5.74) is 0.957. The predicted molar refractivity (Wildman–Crippen MR) is 80.4 cm³/mol. The lowest BCUT2D eigenvalue weighted by atomic mass is 10.2. The molecule has 0 radical (unpaired) electrons. The Labute approximate surface area is 116 Å². The van der Waals surface area contributed by atoms with E-state index in [4.69, 9.17) is 0 Å². The molecule has 0 aliphatic rings. The van der Waals surface area contributed by atoms with Gasteiger partial charge >= 0.3 is 0 Å². The lowest BCUT2D eigenvalue weighted by Gasteiger charge is -2.13. The quantitative estimate of drug-likeness (QED) is 0.768. The molecule has 0 aromatic heterocycles. The van der Waals surface area contributed by atoms with Gasteiger partial charge in [0, 0.05) is 12.2 Å². The Kier molecular flexibility index (Phi) is 6.31. The fourth-order valence-corrected chi connectivity index (χ4v) is 3.20. The molecule has 1 unspecified atom stereocenters. The van der Waals surface area contributed by atoms with Crippen LogP contribution in [0, 0.1) is 5.92 Å². The fraction of sp³-hybridized carbons (Fsp3) is 0.571. The number of rotatable bonds is 8. The molecule has 0 fully saturated rings. The van der Waals surface area contributed by atoms with Gasteiger partial charge in [-0.25, -0.2) is 8.42 Å². The zero-order chi connectivity index (χ0) is 14.3. The molecule has 0 heterocycles. The second-order valence-electron chi connectivity index (χ2n) is 4.89. The van der Waals surface area contributed by atoms with Gasteiger partial charge in [-0.1, -0.05) is 13.8 Å². The van der Waals surface area contributed by atoms with Crippen molar-refractivity contribution in [1.82, 2.24) is 5.32 Å². The van der Waals surface area contributed by atoms with Crippen molar-refractivity contribution in [1.29, 1.82) is 0 Å². The van der Waals surface area contributed by atoms with Gasteiger partial charge in [-0.3, -0.25) is 0 Å². The first-order chi connectivity index (χ1) is 8.99. The van der Waals surface area contributed by atoms with Crippen LogP contribution >= 0.6 is 0 Å². The fourth-order valence-electron chi connectivity index (χ4n) is 1.88. The Hall–Kier alpha value is -1.07. The van der Waals surface area contributed by atoms with Crippen LogP contribution in [0.3, 0.4) is 0 Å². The maximum atomic E-state index is 11.9. The number of anilines is 1. The minimum atomic E-state index is -3.10. The first kappa shape index (κ1) is 16.0. The summed E-state index contributed by atoms with van der Waals surface area (Å²) < 4.78 is 23.7. The van der Waals surface area contributed by atoms with Crippen LogP contribution in [-0.4, -0.2) is 34.3 Å². The molecule has 0 saturated carbocycles. The largest absolute Gasteiger partial charge is 0.385 e. The average molecular weight is 284 g/mol. The second-order valence-corrected chi connectivity index (χ2v) is 7.00. The Morgan fingerprint density at radius 1 is 1.16 bits per heavy atom. The first-order valence-corrected chi connectivity index (χ1v) is 8.36. The second kappa shape index (κ2) is 7.50. The number of nitrogens with one attached hydrogen (secondary N) is 2. The van der Waals surface area contributed by atoms with E-state index in [1.807, 2.05) is 26.1 Å². The minimum Gasteiger partial charge on any atom is -0.385 e. The van der Waals surface area contributed by atoms with E-state index in [-0.39, 0.29) is 5.75 Å². The third kappa shape index (κ3) is 5.20. The van der Waals surface area contributed by atoms with Gasteiger partial charge in [-0.2, -0.15) is 0 Å². The molecule has 108 valence electrons. The van der Waals surface area contributed by atoms with Crippen molar-refractivity contribution in [3.63, 3.8) is 0 Å². The lowest BCUT2D eigenvalue weighted by Crippen LogP contribution is -2.22. The molecule has 19 heavy (non-hydrogen) atoms. The molecular formula is C14H24N2O2S. The molecule has 1 rings (SSSR count). The molecule has 0 saturated heterocycles. The Morgan fingerprint density at radius 2 is 1.79 bits per heavy atom. The molecule has 0 aliphatic carbocycles. The van der Waals surface area contributed by atoms with E-state index in [1.165, 1.54) is 0 Å². The standard InChI is InChI=1S/C14H24N2O2S/c1-4-9-19(17,18)14-7-5-13(6-8-14)16-11-12(2)10-15-3/h5-8,12,15-16H,4,9-11H2,1-3H3. The highest BCUT2D eigenvalue weighted by Gasteiger charge is 2.12. The van der Waals surface area contributed by atoms with Gasteiger partial charge in [0.1, 0.15) is 0 Å². The molecule has 1 aromatic carbocycles. The van der Waals surface area contributed by atoms with Crippen molar-refractivity contribution in [2.75, 3.05) is 31.2 Å². The van der Waals surface area contributed by atoms with Gasteiger partial charge in [0.25, 0.3) is 0 Å². The summed E-state index contributed by atoms with van der Waals surface area (Å²) in [5.74, 6) is 0.729. The molecule has 4 nitrogen and oxygen atoms in total. The zero-order valence-electron chi connectivity index (χ0n) is 11.9. The molecule has 1 atom stereocenters. The molecule has 1 aromatic rings. The molecular weight excluding hydrogens is 260 g/mol. The summed E-state index contributed by atoms with van der Waals surface area (Å²) in [6, 6.07) is 7.01. The van der Waals surface area contributed by atoms with Crippen LogP contribution in [0.15, 0.2) is 29.2 Å². The Balaban J connectivity index is 2.62. The highest BCUT2D eigenvalue weighted by atomic mass is 32.2. The summed E-state index contributed by atoms with van der Waals surface area (Å²) >= 11 is 0. The van der Waals surface area contributed by atoms with Crippen LogP contribution in [-0.2, 0) is 9.84 Å². The van der Waals surface area contributed by atoms with Gasteiger partial charge in [0.15, 0.2) is 9.84 Å². The van der Waals surface area contributed by atoms with Crippen molar-refractivity contribution < 1.29 is 8.42 Å². The highest BCUT2D eigenvalue weighted by Crippen LogP contribution is 2.16. The SMILES string of the molecule is CCCS(=O)(=O)c1ccc(NCC(C)CNC)cc1. The third-order valence-corrected chi connectivity index (χ3v) is 4.83. The number of hydrogen-bond donors (Lipinski definition) is 2. The van der Waals surface area contributed by atoms with Crippen molar-refractivity contribution in [2.24, 2.45) is 5.92 Å². The molecule has 0 aliphatic heterocycles. The van der Waals surface area contributed by atoms with Crippen LogP contribution in [0.1, 0.15) is 20.3 Å². The topological polar surface area (TPSA) is 58.2 Å². The van der Waals surface area contributed by atoms with Gasteiger partial charge in [0.2, 0.25) is 0 Å². The summed E-state index contributed by atoms with van der Waals surface area (Å²) in [4.78, 5) is 0.406. The van der Waals surface area contributed by atoms with Crippen LogP contribution in [0.25, 0.3) is 0 Å². The molecule has 0 bridgehead atoms. The van der Waals surface area contributed by atoms with Gasteiger partial charge in [-0.05, 0) is 50.2 Å². The maximum Gasteiger partial charge on any atom is 0.178 e. The van der Waals surface area contributed by atoms with Crippen molar-refractivity contribution in [2.45, 2.75) is 25.2 Å². The van der Waals surface area contributed by atoms with Crippen LogP contribution in [0.4, 0.5) is 5.69 Å². The normalized spacial score (nSPS) is 13.2. The Bertz CT molecular complexity index is 469. The lowest BCUT2D eigenvalue weighted by molar-refractivity contribution is 0.569. The zero-order valence-corrected chi connectivity index (χ0v) is 12.8. The van der Waals surface area contributed by atoms with Crippen molar-refractivity contribution in [3.05, 3.63) is 24.3 Å². The van der Waals surface area contributed by atoms with Crippen molar-refractivity contribution >= 4 is 15.5 Å². The number of sulfone groups is 1. The van der Waals surface area contributed by atoms with E-state index in [2.05, 4.69) is 17.6 Å². The average Bonchev–Trinajstić information content (AvgIpc) is 2.37. The Morgan fingerprint density at radius 3 is 2.32 bits per heavy atom. The minimum absolute atomic E-state index is 0.207. The molecule has 0 amide bonds. The van der Waals surface area contributed by atoms with E-state index in [1.54, 1.807) is 12.1 Å². The van der Waals surface area contributed by atoms with E-state index in [0.717, 1.165) is 18.8 Å². The summed E-state index contributed by atoms with van der Waals surface area (Å²) in [6.45, 7) is 5.85. The monoisotopic (exact) mass is 284 g/mol. The van der Waals surface area contributed by atoms with E-state index < -0.39 is 9.84 Å². The van der Waals surface area contributed by atoms with E-state index in [0.29, 0.717) is 17.2 Å². The highest BCUT2D eigenvalue weighted by molar-refractivity contribution is 7.91. The van der Waals surface area contributed by atoms with Gasteiger partial charge in [0.05, 0.1) is 10.6 Å². The first-order valence-electron chi connectivity index (χ1n) is 6.71. The van der Waals surface area contributed by atoms with Crippen molar-refractivity contribution in [3.8, 4) is 0 Å². The summed E-state index contributed by atoms with van der Waals surface area (Å²) in [5, 5.41) is 6.43. The summed E-state index contributed by atoms with van der Waals surface area (Å²) in [6.07, 6.45) is 0.643. The van der Waals surface area contributed by atoms with Crippen LogP contribution in [0.2, 0.25) is 0 Å². The summed E-state index contributed by atoms with van der Waals surface area (Å²) in [7, 11) is -1.17. The van der Waals surface area contributed by atoms with Crippen LogP contribution in [0.5, 0.6) is 0 Å². The smallest absolute Gasteiger partial charge is 0.178 e. The molecule has 2 N–H and O–H groups in total. The molecule has 5 heteroatoms. The van der Waals surface area contributed by atoms with E-state index >= 15 is 0 Å². The van der Waals surface area contributed by atoms with Gasteiger partial charge in [-0.15, -0.1) is 0 Å². The number of hydrogen-bond acceptors (Lipinski definition) is 4. The third-order valence-electron chi connectivity index (χ3n) is 2.89. The predicted octanol–water partition coefficient (Wildman–Crippen LogP) is 2.14. The number of benzene rings is 1. The van der Waals surface area contributed by atoms with Gasteiger partial charge < -0.3 is 10.6 Å².